The number of benzene rings is 1. The van der Waals surface area contributed by atoms with Gasteiger partial charge in [-0.3, -0.25) is 0 Å². The molecule has 0 saturated carbocycles. The van der Waals surface area contributed by atoms with Crippen LogP contribution >= 0.6 is 31.9 Å². The fourth-order valence-electron chi connectivity index (χ4n) is 1.71. The highest BCUT2D eigenvalue weighted by Crippen LogP contribution is 2.35. The van der Waals surface area contributed by atoms with Crippen LogP contribution in [-0.2, 0) is 6.54 Å². The lowest BCUT2D eigenvalue weighted by Gasteiger charge is -2.10. The van der Waals surface area contributed by atoms with Gasteiger partial charge in [-0.2, -0.15) is 5.10 Å². The van der Waals surface area contributed by atoms with Crippen LogP contribution in [0.15, 0.2) is 27.1 Å². The summed E-state index contributed by atoms with van der Waals surface area (Å²) in [6, 6.07) is 5.73. The lowest BCUT2D eigenvalue weighted by molar-refractivity contribution is 0.408. The Bertz CT molecular complexity index is 596. The molecule has 0 bridgehead atoms. The molecule has 0 spiro atoms. The zero-order valence-corrected chi connectivity index (χ0v) is 14.0. The van der Waals surface area contributed by atoms with Gasteiger partial charge in [0.05, 0.1) is 10.2 Å². The maximum Gasteiger partial charge on any atom is 0.241 e. The number of halogens is 2. The molecular formula is C13H15Br2N3O. The fraction of sp³-hybridized carbons (Fsp3) is 0.308. The Kier molecular flexibility index (Phi) is 4.52. The van der Waals surface area contributed by atoms with Gasteiger partial charge in [-0.15, -0.1) is 0 Å². The molecule has 4 nitrogen and oxygen atoms in total. The highest BCUT2D eigenvalue weighted by molar-refractivity contribution is 9.11. The zero-order chi connectivity index (χ0) is 14.0. The van der Waals surface area contributed by atoms with Gasteiger partial charge < -0.3 is 10.5 Å². The molecule has 0 aliphatic carbocycles. The summed E-state index contributed by atoms with van der Waals surface area (Å²) < 4.78 is 9.56. The predicted octanol–water partition coefficient (Wildman–Crippen LogP) is 4.50. The standard InChI is InChI=1S/C13H15Br2N3O/c1-3-6-18-13(12(16)8(2)17-18)19-11-5-4-9(14)7-10(11)15/h4-5,7H,3,6,16H2,1-2H3. The van der Waals surface area contributed by atoms with E-state index in [-0.39, 0.29) is 0 Å². The van der Waals surface area contributed by atoms with Crippen LogP contribution in [0.5, 0.6) is 11.6 Å². The van der Waals surface area contributed by atoms with E-state index in [1.54, 1.807) is 4.68 Å². The molecule has 0 aliphatic heterocycles. The van der Waals surface area contributed by atoms with E-state index in [0.717, 1.165) is 27.6 Å². The number of ether oxygens (including phenoxy) is 1. The third-order valence-electron chi connectivity index (χ3n) is 2.66. The van der Waals surface area contributed by atoms with Gasteiger partial charge in [-0.25, -0.2) is 4.68 Å². The third kappa shape index (κ3) is 3.12. The zero-order valence-electron chi connectivity index (χ0n) is 10.8. The molecule has 102 valence electrons. The van der Waals surface area contributed by atoms with Crippen LogP contribution in [0, 0.1) is 6.92 Å². The minimum Gasteiger partial charge on any atom is -0.436 e. The molecule has 2 rings (SSSR count). The molecule has 19 heavy (non-hydrogen) atoms. The van der Waals surface area contributed by atoms with Crippen molar-refractivity contribution in [1.29, 1.82) is 0 Å². The molecule has 0 aliphatic rings. The number of hydrogen-bond acceptors (Lipinski definition) is 3. The van der Waals surface area contributed by atoms with E-state index in [4.69, 9.17) is 10.5 Å². The summed E-state index contributed by atoms with van der Waals surface area (Å²) in [5, 5.41) is 4.39. The van der Waals surface area contributed by atoms with Crippen LogP contribution in [0.25, 0.3) is 0 Å². The van der Waals surface area contributed by atoms with Crippen molar-refractivity contribution < 1.29 is 4.74 Å². The van der Waals surface area contributed by atoms with Gasteiger partial charge in [-0.1, -0.05) is 22.9 Å². The molecule has 1 aromatic carbocycles. The largest absolute Gasteiger partial charge is 0.436 e. The Hall–Kier alpha value is -1.01. The quantitative estimate of drug-likeness (QED) is 0.838. The lowest BCUT2D eigenvalue weighted by Crippen LogP contribution is -2.02. The molecule has 0 atom stereocenters. The molecule has 2 N–H and O–H groups in total. The lowest BCUT2D eigenvalue weighted by atomic mass is 10.3. The average molecular weight is 389 g/mol. The second-order valence-corrected chi connectivity index (χ2v) is 5.97. The number of aromatic nitrogens is 2. The first kappa shape index (κ1) is 14.4. The second-order valence-electron chi connectivity index (χ2n) is 4.20. The fourth-order valence-corrected chi connectivity index (χ4v) is 2.84. The Morgan fingerprint density at radius 2 is 2.11 bits per heavy atom. The number of aryl methyl sites for hydroxylation is 2. The van der Waals surface area contributed by atoms with Crippen molar-refractivity contribution in [2.75, 3.05) is 5.73 Å². The van der Waals surface area contributed by atoms with E-state index < -0.39 is 0 Å². The summed E-state index contributed by atoms with van der Waals surface area (Å²) >= 11 is 6.89. The van der Waals surface area contributed by atoms with Gasteiger partial charge in [-0.05, 0) is 47.5 Å². The van der Waals surface area contributed by atoms with Crippen molar-refractivity contribution in [3.63, 3.8) is 0 Å². The molecular weight excluding hydrogens is 374 g/mol. The van der Waals surface area contributed by atoms with E-state index in [1.165, 1.54) is 0 Å². The summed E-state index contributed by atoms with van der Waals surface area (Å²) in [6.45, 7) is 4.75. The highest BCUT2D eigenvalue weighted by atomic mass is 79.9. The molecule has 0 fully saturated rings. The van der Waals surface area contributed by atoms with Crippen LogP contribution in [0.3, 0.4) is 0 Å². The Morgan fingerprint density at radius 1 is 1.37 bits per heavy atom. The van der Waals surface area contributed by atoms with Crippen molar-refractivity contribution in [2.24, 2.45) is 0 Å². The molecule has 0 radical (unpaired) electrons. The second kappa shape index (κ2) is 5.96. The number of nitrogens with zero attached hydrogens (tertiary/aromatic N) is 2. The highest BCUT2D eigenvalue weighted by Gasteiger charge is 2.15. The van der Waals surface area contributed by atoms with Gasteiger partial charge in [0.2, 0.25) is 5.88 Å². The van der Waals surface area contributed by atoms with Crippen molar-refractivity contribution in [3.05, 3.63) is 32.8 Å². The first-order valence-corrected chi connectivity index (χ1v) is 7.57. The van der Waals surface area contributed by atoms with Crippen molar-refractivity contribution >= 4 is 37.5 Å². The average Bonchev–Trinajstić information content (AvgIpc) is 2.61. The first-order chi connectivity index (χ1) is 9.02. The molecule has 0 unspecified atom stereocenters. The van der Waals surface area contributed by atoms with Gasteiger partial charge in [0, 0.05) is 11.0 Å². The van der Waals surface area contributed by atoms with E-state index in [1.807, 2.05) is 25.1 Å². The summed E-state index contributed by atoms with van der Waals surface area (Å²) in [4.78, 5) is 0. The van der Waals surface area contributed by atoms with Crippen LogP contribution < -0.4 is 10.5 Å². The molecule has 2 aromatic rings. The summed E-state index contributed by atoms with van der Waals surface area (Å²) in [5.74, 6) is 1.31. The minimum atomic E-state index is 0.586. The SMILES string of the molecule is CCCn1nc(C)c(N)c1Oc1ccc(Br)cc1Br. The van der Waals surface area contributed by atoms with E-state index >= 15 is 0 Å². The summed E-state index contributed by atoms with van der Waals surface area (Å²) in [5.41, 5.74) is 7.40. The smallest absolute Gasteiger partial charge is 0.241 e. The van der Waals surface area contributed by atoms with Gasteiger partial charge in [0.15, 0.2) is 0 Å². The van der Waals surface area contributed by atoms with Crippen LogP contribution in [-0.4, -0.2) is 9.78 Å². The normalized spacial score (nSPS) is 10.7. The van der Waals surface area contributed by atoms with Gasteiger partial charge in [0.25, 0.3) is 0 Å². The van der Waals surface area contributed by atoms with Crippen LogP contribution in [0.4, 0.5) is 5.69 Å². The van der Waals surface area contributed by atoms with E-state index in [0.29, 0.717) is 17.3 Å². The maximum absolute atomic E-state index is 6.03. The number of rotatable bonds is 4. The van der Waals surface area contributed by atoms with E-state index in [2.05, 4.69) is 43.9 Å². The Morgan fingerprint density at radius 3 is 2.74 bits per heavy atom. The summed E-state index contributed by atoms with van der Waals surface area (Å²) in [6.07, 6.45) is 0.971. The topological polar surface area (TPSA) is 53.1 Å². The number of anilines is 1. The Labute approximate surface area is 129 Å². The van der Waals surface area contributed by atoms with Crippen LogP contribution in [0.1, 0.15) is 19.0 Å². The van der Waals surface area contributed by atoms with Crippen molar-refractivity contribution in [1.82, 2.24) is 9.78 Å². The minimum absolute atomic E-state index is 0.586. The predicted molar refractivity (Wildman–Crippen MR) is 83.6 cm³/mol. The molecule has 0 amide bonds. The van der Waals surface area contributed by atoms with Crippen LogP contribution in [0.2, 0.25) is 0 Å². The third-order valence-corrected chi connectivity index (χ3v) is 3.77. The number of nitrogens with two attached hydrogens (primary N) is 1. The number of hydrogen-bond donors (Lipinski definition) is 1. The van der Waals surface area contributed by atoms with Gasteiger partial charge >= 0.3 is 0 Å². The molecule has 1 heterocycles. The molecule has 0 saturated heterocycles. The molecule has 6 heteroatoms. The molecule has 1 aromatic heterocycles. The van der Waals surface area contributed by atoms with E-state index in [9.17, 15) is 0 Å². The van der Waals surface area contributed by atoms with Gasteiger partial charge in [0.1, 0.15) is 11.4 Å². The first-order valence-electron chi connectivity index (χ1n) is 5.98. The monoisotopic (exact) mass is 387 g/mol. The summed E-state index contributed by atoms with van der Waals surface area (Å²) in [7, 11) is 0. The van der Waals surface area contributed by atoms with Crippen molar-refractivity contribution in [3.8, 4) is 11.6 Å². The van der Waals surface area contributed by atoms with Crippen molar-refractivity contribution in [2.45, 2.75) is 26.8 Å². The number of nitrogen functional groups attached to an aromatic ring is 1. The maximum atomic E-state index is 6.03. The Balaban J connectivity index is 2.37.